The Morgan fingerprint density at radius 3 is 2.65 bits per heavy atom. The van der Waals surface area contributed by atoms with E-state index in [1.807, 2.05) is 37.3 Å². The molecule has 0 fully saturated rings. The van der Waals surface area contributed by atoms with E-state index in [9.17, 15) is 4.79 Å². The first-order valence-corrected chi connectivity index (χ1v) is 8.08. The van der Waals surface area contributed by atoms with Crippen molar-refractivity contribution in [3.63, 3.8) is 0 Å². The van der Waals surface area contributed by atoms with Gasteiger partial charge in [0.2, 0.25) is 0 Å². The van der Waals surface area contributed by atoms with Crippen LogP contribution in [0.4, 0.5) is 4.79 Å². The zero-order valence-electron chi connectivity index (χ0n) is 13.5. The molecular weight excluding hydrogens is 286 g/mol. The normalized spacial score (nSPS) is 17.2. The molecule has 1 heterocycles. The first-order valence-electron chi connectivity index (χ1n) is 8.08. The molecule has 3 heteroatoms. The second-order valence-electron chi connectivity index (χ2n) is 5.54. The number of allylic oxidation sites excluding steroid dienone is 2. The van der Waals surface area contributed by atoms with Crippen molar-refractivity contribution in [1.29, 1.82) is 0 Å². The molecule has 0 radical (unpaired) electrons. The van der Waals surface area contributed by atoms with E-state index in [1.54, 1.807) is 4.90 Å². The fourth-order valence-corrected chi connectivity index (χ4v) is 2.95. The molecule has 0 spiro atoms. The number of hydrogen-bond donors (Lipinski definition) is 0. The quantitative estimate of drug-likeness (QED) is 0.799. The molecule has 118 valence electrons. The Kier molecular flexibility index (Phi) is 4.47. The maximum atomic E-state index is 12.4. The summed E-state index contributed by atoms with van der Waals surface area (Å²) in [5, 5.41) is 2.36. The van der Waals surface area contributed by atoms with Gasteiger partial charge in [-0.05, 0) is 41.8 Å². The molecule has 1 amide bonds. The van der Waals surface area contributed by atoms with Gasteiger partial charge in [-0.3, -0.25) is 4.90 Å². The van der Waals surface area contributed by atoms with Crippen LogP contribution in [-0.2, 0) is 4.74 Å². The number of amides is 1. The zero-order valence-corrected chi connectivity index (χ0v) is 13.5. The van der Waals surface area contributed by atoms with E-state index in [0.29, 0.717) is 6.61 Å². The van der Waals surface area contributed by atoms with Gasteiger partial charge in [-0.1, -0.05) is 55.5 Å². The third-order valence-corrected chi connectivity index (χ3v) is 4.11. The van der Waals surface area contributed by atoms with Crippen LogP contribution in [0.3, 0.4) is 0 Å². The summed E-state index contributed by atoms with van der Waals surface area (Å²) in [5.41, 5.74) is 1.92. The highest BCUT2D eigenvalue weighted by Crippen LogP contribution is 2.30. The molecular formula is C20H21NO2. The van der Waals surface area contributed by atoms with Crippen molar-refractivity contribution in [3.05, 3.63) is 66.3 Å². The smallest absolute Gasteiger partial charge is 0.414 e. The summed E-state index contributed by atoms with van der Waals surface area (Å²) in [6.45, 7) is 4.28. The van der Waals surface area contributed by atoms with Crippen molar-refractivity contribution in [3.8, 4) is 0 Å². The highest BCUT2D eigenvalue weighted by molar-refractivity contribution is 5.90. The number of nitrogens with zero attached hydrogens (tertiary/aromatic N) is 1. The highest BCUT2D eigenvalue weighted by Gasteiger charge is 2.28. The Morgan fingerprint density at radius 2 is 1.91 bits per heavy atom. The van der Waals surface area contributed by atoms with E-state index in [4.69, 9.17) is 4.74 Å². The highest BCUT2D eigenvalue weighted by atomic mass is 16.6. The van der Waals surface area contributed by atoms with E-state index in [1.165, 1.54) is 5.39 Å². The number of fused-ring (bicyclic) bond motifs is 1. The van der Waals surface area contributed by atoms with Gasteiger partial charge in [0.25, 0.3) is 0 Å². The monoisotopic (exact) mass is 307 g/mol. The molecule has 1 unspecified atom stereocenters. The number of carbonyl (C=O) groups excluding carboxylic acids is 1. The molecule has 2 aromatic rings. The van der Waals surface area contributed by atoms with Crippen molar-refractivity contribution in [2.75, 3.05) is 6.61 Å². The fourth-order valence-electron chi connectivity index (χ4n) is 2.95. The van der Waals surface area contributed by atoms with Crippen LogP contribution in [0.15, 0.2) is 60.7 Å². The Bertz CT molecular complexity index is 776. The molecule has 0 saturated carbocycles. The van der Waals surface area contributed by atoms with E-state index in [2.05, 4.69) is 37.3 Å². The van der Waals surface area contributed by atoms with Crippen LogP contribution in [0.5, 0.6) is 0 Å². The summed E-state index contributed by atoms with van der Waals surface area (Å²) < 4.78 is 5.26. The average molecular weight is 307 g/mol. The molecule has 3 nitrogen and oxygen atoms in total. The van der Waals surface area contributed by atoms with Gasteiger partial charge in [-0.25, -0.2) is 4.79 Å². The predicted octanol–water partition coefficient (Wildman–Crippen LogP) is 4.99. The minimum atomic E-state index is -0.289. The third-order valence-electron chi connectivity index (χ3n) is 4.11. The van der Waals surface area contributed by atoms with Crippen LogP contribution in [0.25, 0.3) is 16.5 Å². The molecule has 1 aliphatic rings. The van der Waals surface area contributed by atoms with Gasteiger partial charge in [0.05, 0.1) is 18.3 Å². The first-order chi connectivity index (χ1) is 11.2. The number of rotatable bonds is 3. The van der Waals surface area contributed by atoms with E-state index >= 15 is 0 Å². The number of hydrogen-bond acceptors (Lipinski definition) is 2. The fraction of sp³-hybridized carbons (Fsp3) is 0.250. The average Bonchev–Trinajstić information content (AvgIpc) is 2.60. The summed E-state index contributed by atoms with van der Waals surface area (Å²) in [7, 11) is 0. The Hall–Kier alpha value is -2.55. The first kappa shape index (κ1) is 15.3. The third kappa shape index (κ3) is 3.00. The molecule has 1 aliphatic heterocycles. The summed E-state index contributed by atoms with van der Waals surface area (Å²) in [5.74, 6) is 0. The number of ether oxygens (including phenoxy) is 1. The lowest BCUT2D eigenvalue weighted by atomic mass is 10.0. The van der Waals surface area contributed by atoms with Gasteiger partial charge in [0, 0.05) is 0 Å². The number of carbonyl (C=O) groups is 1. The van der Waals surface area contributed by atoms with Crippen LogP contribution >= 0.6 is 0 Å². The second kappa shape index (κ2) is 6.69. The lowest BCUT2D eigenvalue weighted by Gasteiger charge is -2.32. The van der Waals surface area contributed by atoms with E-state index < -0.39 is 0 Å². The van der Waals surface area contributed by atoms with Crippen LogP contribution < -0.4 is 0 Å². The molecule has 23 heavy (non-hydrogen) atoms. The van der Waals surface area contributed by atoms with Crippen molar-refractivity contribution in [2.24, 2.45) is 0 Å². The predicted molar refractivity (Wildman–Crippen MR) is 94.0 cm³/mol. The van der Waals surface area contributed by atoms with Gasteiger partial charge >= 0.3 is 6.09 Å². The van der Waals surface area contributed by atoms with Crippen molar-refractivity contribution in [2.45, 2.75) is 26.3 Å². The van der Waals surface area contributed by atoms with Gasteiger partial charge < -0.3 is 4.74 Å². The topological polar surface area (TPSA) is 29.5 Å². The maximum absolute atomic E-state index is 12.4. The van der Waals surface area contributed by atoms with Crippen LogP contribution in [0.1, 0.15) is 25.8 Å². The molecule has 0 aliphatic carbocycles. The summed E-state index contributed by atoms with van der Waals surface area (Å²) >= 11 is 0. The largest absolute Gasteiger partial charge is 0.449 e. The van der Waals surface area contributed by atoms with Crippen LogP contribution in [-0.4, -0.2) is 23.6 Å². The van der Waals surface area contributed by atoms with Crippen LogP contribution in [0, 0.1) is 0 Å². The summed E-state index contributed by atoms with van der Waals surface area (Å²) in [6.07, 6.45) is 6.60. The molecule has 0 N–H and O–H groups in total. The standard InChI is InChI=1S/C20H21NO2/c1-3-18-10-7-11-19(21(18)20(22)23-4-2)17-13-12-15-8-5-6-9-16(15)14-17/h5-14,18H,3-4H2,1-2H3. The summed E-state index contributed by atoms with van der Waals surface area (Å²) in [6, 6.07) is 14.5. The minimum absolute atomic E-state index is 0.0283. The minimum Gasteiger partial charge on any atom is -0.449 e. The molecule has 2 aromatic carbocycles. The van der Waals surface area contributed by atoms with Crippen molar-refractivity contribution in [1.82, 2.24) is 4.90 Å². The lowest BCUT2D eigenvalue weighted by molar-refractivity contribution is 0.118. The molecule has 0 aromatic heterocycles. The van der Waals surface area contributed by atoms with Gasteiger partial charge in [0.15, 0.2) is 0 Å². The molecule has 0 bridgehead atoms. The van der Waals surface area contributed by atoms with Gasteiger partial charge in [0.1, 0.15) is 0 Å². The maximum Gasteiger partial charge on any atom is 0.414 e. The molecule has 0 saturated heterocycles. The van der Waals surface area contributed by atoms with Gasteiger partial charge in [-0.2, -0.15) is 0 Å². The van der Waals surface area contributed by atoms with Gasteiger partial charge in [-0.15, -0.1) is 0 Å². The SMILES string of the molecule is CCOC(=O)N1C(c2ccc3ccccc3c2)=CC=CC1CC. The zero-order chi connectivity index (χ0) is 16.2. The second-order valence-corrected chi connectivity index (χ2v) is 5.54. The Morgan fingerprint density at radius 1 is 1.13 bits per heavy atom. The molecule has 3 rings (SSSR count). The number of benzene rings is 2. The van der Waals surface area contributed by atoms with Crippen molar-refractivity contribution >= 4 is 22.6 Å². The van der Waals surface area contributed by atoms with Crippen LogP contribution in [0.2, 0.25) is 0 Å². The Labute approximate surface area is 136 Å². The van der Waals surface area contributed by atoms with Crippen molar-refractivity contribution < 1.29 is 9.53 Å². The van der Waals surface area contributed by atoms with E-state index in [0.717, 1.165) is 23.1 Å². The lowest BCUT2D eigenvalue weighted by Crippen LogP contribution is -2.39. The summed E-state index contributed by atoms with van der Waals surface area (Å²) in [4.78, 5) is 14.2. The molecule has 1 atom stereocenters. The van der Waals surface area contributed by atoms with E-state index in [-0.39, 0.29) is 12.1 Å². The Balaban J connectivity index is 2.04.